The fourth-order valence-corrected chi connectivity index (χ4v) is 3.29. The van der Waals surface area contributed by atoms with Crippen LogP contribution in [-0.4, -0.2) is 18.5 Å². The van der Waals surface area contributed by atoms with Crippen LogP contribution in [0.5, 0.6) is 0 Å². The van der Waals surface area contributed by atoms with E-state index in [2.05, 4.69) is 17.4 Å². The van der Waals surface area contributed by atoms with E-state index in [1.54, 1.807) is 0 Å². The maximum Gasteiger partial charge on any atom is 0.228 e. The Balaban J connectivity index is 1.64. The summed E-state index contributed by atoms with van der Waals surface area (Å²) in [5.74, 6) is 0.739. The standard InChI is InChI=1S/C15H20N2O/c16-9-11-5-3-7-14(11)17-15(18)13-8-10-4-1-2-6-12(10)13/h1-2,4,6,11,13-14H,3,5,7-9,16H2,(H,17,18). The first-order chi connectivity index (χ1) is 8.79. The molecule has 0 aliphatic heterocycles. The second-order valence-corrected chi connectivity index (χ2v) is 5.50. The Kier molecular flexibility index (Phi) is 3.08. The number of nitrogens with one attached hydrogen (secondary N) is 1. The van der Waals surface area contributed by atoms with Gasteiger partial charge in [-0.3, -0.25) is 4.79 Å². The Labute approximate surface area is 108 Å². The van der Waals surface area contributed by atoms with E-state index in [9.17, 15) is 4.79 Å². The van der Waals surface area contributed by atoms with Gasteiger partial charge in [0.05, 0.1) is 5.92 Å². The first kappa shape index (κ1) is 11.7. The molecule has 1 amide bonds. The van der Waals surface area contributed by atoms with Crippen LogP contribution in [0.4, 0.5) is 0 Å². The highest BCUT2D eigenvalue weighted by Gasteiger charge is 2.35. The molecule has 3 atom stereocenters. The molecular formula is C15H20N2O. The van der Waals surface area contributed by atoms with E-state index >= 15 is 0 Å². The third-order valence-electron chi connectivity index (χ3n) is 4.46. The van der Waals surface area contributed by atoms with Crippen LogP contribution in [0.15, 0.2) is 24.3 Å². The zero-order valence-corrected chi connectivity index (χ0v) is 10.6. The van der Waals surface area contributed by atoms with Crippen molar-refractivity contribution in [3.8, 4) is 0 Å². The predicted molar refractivity (Wildman–Crippen MR) is 71.2 cm³/mol. The lowest BCUT2D eigenvalue weighted by Gasteiger charge is -2.31. The van der Waals surface area contributed by atoms with Crippen molar-refractivity contribution in [2.45, 2.75) is 37.6 Å². The summed E-state index contributed by atoms with van der Waals surface area (Å²) >= 11 is 0. The van der Waals surface area contributed by atoms with E-state index in [0.717, 1.165) is 19.3 Å². The molecule has 0 saturated heterocycles. The fraction of sp³-hybridized carbons (Fsp3) is 0.533. The van der Waals surface area contributed by atoms with Gasteiger partial charge in [0, 0.05) is 6.04 Å². The Morgan fingerprint density at radius 1 is 1.33 bits per heavy atom. The lowest BCUT2D eigenvalue weighted by Crippen LogP contribution is -2.44. The lowest BCUT2D eigenvalue weighted by molar-refractivity contribution is -0.124. The molecule has 0 heterocycles. The summed E-state index contributed by atoms with van der Waals surface area (Å²) in [6.07, 6.45) is 4.32. The summed E-state index contributed by atoms with van der Waals surface area (Å²) in [6, 6.07) is 8.52. The maximum atomic E-state index is 12.3. The fourth-order valence-electron chi connectivity index (χ4n) is 3.29. The summed E-state index contributed by atoms with van der Waals surface area (Å²) in [6.45, 7) is 0.687. The van der Waals surface area contributed by atoms with Crippen molar-refractivity contribution < 1.29 is 4.79 Å². The molecule has 1 aromatic rings. The molecule has 2 aliphatic rings. The highest BCUT2D eigenvalue weighted by molar-refractivity contribution is 5.87. The SMILES string of the molecule is NCC1CCCC1NC(=O)C1Cc2ccccc21. The number of fused-ring (bicyclic) bond motifs is 1. The van der Waals surface area contributed by atoms with Gasteiger partial charge in [0.1, 0.15) is 0 Å². The van der Waals surface area contributed by atoms with Crippen LogP contribution < -0.4 is 11.1 Å². The number of carbonyl (C=O) groups is 1. The van der Waals surface area contributed by atoms with Gasteiger partial charge in [0.25, 0.3) is 0 Å². The smallest absolute Gasteiger partial charge is 0.228 e. The maximum absolute atomic E-state index is 12.3. The lowest BCUT2D eigenvalue weighted by atomic mass is 9.77. The minimum Gasteiger partial charge on any atom is -0.353 e. The average molecular weight is 244 g/mol. The summed E-state index contributed by atoms with van der Waals surface area (Å²) in [4.78, 5) is 12.3. The largest absolute Gasteiger partial charge is 0.353 e. The molecule has 3 N–H and O–H groups in total. The highest BCUT2D eigenvalue weighted by Crippen LogP contribution is 2.35. The normalized spacial score (nSPS) is 29.5. The molecule has 0 spiro atoms. The van der Waals surface area contributed by atoms with Crippen molar-refractivity contribution in [2.75, 3.05) is 6.54 Å². The summed E-state index contributed by atoms with van der Waals surface area (Å²) in [5, 5.41) is 3.20. The van der Waals surface area contributed by atoms with Crippen LogP contribution in [0.1, 0.15) is 36.3 Å². The van der Waals surface area contributed by atoms with Crippen molar-refractivity contribution in [3.63, 3.8) is 0 Å². The molecular weight excluding hydrogens is 224 g/mol. The van der Waals surface area contributed by atoms with Gasteiger partial charge >= 0.3 is 0 Å². The summed E-state index contributed by atoms with van der Waals surface area (Å²) < 4.78 is 0. The molecule has 3 nitrogen and oxygen atoms in total. The van der Waals surface area contributed by atoms with Crippen molar-refractivity contribution >= 4 is 5.91 Å². The monoisotopic (exact) mass is 244 g/mol. The topological polar surface area (TPSA) is 55.1 Å². The third-order valence-corrected chi connectivity index (χ3v) is 4.46. The molecule has 18 heavy (non-hydrogen) atoms. The Bertz CT molecular complexity index is 458. The number of benzene rings is 1. The molecule has 3 rings (SSSR count). The van der Waals surface area contributed by atoms with Gasteiger partial charge in [0.2, 0.25) is 5.91 Å². The zero-order valence-electron chi connectivity index (χ0n) is 10.6. The van der Waals surface area contributed by atoms with Crippen LogP contribution in [0, 0.1) is 5.92 Å². The Hall–Kier alpha value is -1.35. The molecule has 0 radical (unpaired) electrons. The van der Waals surface area contributed by atoms with Gasteiger partial charge < -0.3 is 11.1 Å². The first-order valence-corrected chi connectivity index (χ1v) is 6.88. The molecule has 0 aromatic heterocycles. The number of nitrogens with two attached hydrogens (primary N) is 1. The molecule has 1 fully saturated rings. The number of hydrogen-bond acceptors (Lipinski definition) is 2. The molecule has 96 valence electrons. The number of amides is 1. The minimum absolute atomic E-state index is 0.0697. The van der Waals surface area contributed by atoms with Gasteiger partial charge in [-0.15, -0.1) is 0 Å². The summed E-state index contributed by atoms with van der Waals surface area (Å²) in [5.41, 5.74) is 8.27. The number of hydrogen-bond donors (Lipinski definition) is 2. The Morgan fingerprint density at radius 2 is 2.17 bits per heavy atom. The first-order valence-electron chi connectivity index (χ1n) is 6.88. The van der Waals surface area contributed by atoms with E-state index in [0.29, 0.717) is 18.5 Å². The predicted octanol–water partition coefficient (Wildman–Crippen LogP) is 1.57. The molecule has 3 heteroatoms. The second-order valence-electron chi connectivity index (χ2n) is 5.50. The van der Waals surface area contributed by atoms with E-state index in [4.69, 9.17) is 5.73 Å². The van der Waals surface area contributed by atoms with Crippen molar-refractivity contribution in [2.24, 2.45) is 11.7 Å². The number of carbonyl (C=O) groups excluding carboxylic acids is 1. The van der Waals surface area contributed by atoms with Crippen molar-refractivity contribution in [3.05, 3.63) is 35.4 Å². The quantitative estimate of drug-likeness (QED) is 0.848. The van der Waals surface area contributed by atoms with E-state index < -0.39 is 0 Å². The van der Waals surface area contributed by atoms with Gasteiger partial charge in [-0.1, -0.05) is 30.7 Å². The van der Waals surface area contributed by atoms with E-state index in [-0.39, 0.29) is 11.8 Å². The number of rotatable bonds is 3. The highest BCUT2D eigenvalue weighted by atomic mass is 16.2. The Morgan fingerprint density at radius 3 is 2.94 bits per heavy atom. The van der Waals surface area contributed by atoms with Crippen LogP contribution >= 0.6 is 0 Å². The zero-order chi connectivity index (χ0) is 12.5. The molecule has 1 aromatic carbocycles. The van der Waals surface area contributed by atoms with Gasteiger partial charge in [-0.05, 0) is 42.9 Å². The van der Waals surface area contributed by atoms with Gasteiger partial charge in [-0.2, -0.15) is 0 Å². The molecule has 1 saturated carbocycles. The molecule has 3 unspecified atom stereocenters. The molecule has 2 aliphatic carbocycles. The van der Waals surface area contributed by atoms with Crippen LogP contribution in [0.25, 0.3) is 0 Å². The minimum atomic E-state index is 0.0697. The summed E-state index contributed by atoms with van der Waals surface area (Å²) in [7, 11) is 0. The van der Waals surface area contributed by atoms with Crippen molar-refractivity contribution in [1.29, 1.82) is 0 Å². The van der Waals surface area contributed by atoms with Crippen LogP contribution in [0.2, 0.25) is 0 Å². The average Bonchev–Trinajstić information content (AvgIpc) is 2.78. The van der Waals surface area contributed by atoms with E-state index in [1.807, 2.05) is 12.1 Å². The van der Waals surface area contributed by atoms with Crippen molar-refractivity contribution in [1.82, 2.24) is 5.32 Å². The third kappa shape index (κ3) is 1.93. The van der Waals surface area contributed by atoms with Crippen LogP contribution in [-0.2, 0) is 11.2 Å². The van der Waals surface area contributed by atoms with Gasteiger partial charge in [-0.25, -0.2) is 0 Å². The molecule has 0 bridgehead atoms. The van der Waals surface area contributed by atoms with E-state index in [1.165, 1.54) is 17.5 Å². The van der Waals surface area contributed by atoms with Crippen LogP contribution in [0.3, 0.4) is 0 Å². The van der Waals surface area contributed by atoms with Gasteiger partial charge in [0.15, 0.2) is 0 Å². The second kappa shape index (κ2) is 4.73.